The van der Waals surface area contributed by atoms with E-state index in [9.17, 15) is 18.5 Å². The second-order valence-corrected chi connectivity index (χ2v) is 8.65. The Labute approximate surface area is 158 Å². The fourth-order valence-electron chi connectivity index (χ4n) is 3.19. The first-order valence-electron chi connectivity index (χ1n) is 8.77. The molecule has 3 rings (SSSR count). The summed E-state index contributed by atoms with van der Waals surface area (Å²) in [7, 11) is -3.50. The lowest BCUT2D eigenvalue weighted by Crippen LogP contribution is -2.30. The maximum absolute atomic E-state index is 11.7. The smallest absolute Gasteiger partial charge is 0.293 e. The quantitative estimate of drug-likeness (QED) is 0.555. The van der Waals surface area contributed by atoms with Crippen LogP contribution in [0.25, 0.3) is 0 Å². The van der Waals surface area contributed by atoms with Gasteiger partial charge >= 0.3 is 0 Å². The van der Waals surface area contributed by atoms with Crippen molar-refractivity contribution in [2.45, 2.75) is 31.2 Å². The molecule has 0 fully saturated rings. The van der Waals surface area contributed by atoms with Gasteiger partial charge in [0.1, 0.15) is 11.4 Å². The Hall–Kier alpha value is -2.61. The zero-order valence-corrected chi connectivity index (χ0v) is 16.2. The summed E-state index contributed by atoms with van der Waals surface area (Å²) >= 11 is 0. The summed E-state index contributed by atoms with van der Waals surface area (Å²) in [6.45, 7) is 3.87. The number of nitro benzene ring substituents is 1. The predicted molar refractivity (Wildman–Crippen MR) is 103 cm³/mol. The molecule has 1 heterocycles. The van der Waals surface area contributed by atoms with Crippen LogP contribution < -0.4 is 9.64 Å². The van der Waals surface area contributed by atoms with E-state index in [2.05, 4.69) is 6.92 Å². The van der Waals surface area contributed by atoms with Crippen molar-refractivity contribution in [2.24, 2.45) is 0 Å². The maximum Gasteiger partial charge on any atom is 0.293 e. The first kappa shape index (κ1) is 19.2. The molecule has 8 heteroatoms. The zero-order valence-electron chi connectivity index (χ0n) is 15.3. The highest BCUT2D eigenvalue weighted by molar-refractivity contribution is 7.90. The number of hydrogen-bond donors (Lipinski definition) is 0. The fraction of sp³-hybridized carbons (Fsp3) is 0.368. The molecule has 0 amide bonds. The summed E-state index contributed by atoms with van der Waals surface area (Å²) in [5, 5.41) is 11.5. The topological polar surface area (TPSA) is 89.8 Å². The molecule has 27 heavy (non-hydrogen) atoms. The van der Waals surface area contributed by atoms with E-state index < -0.39 is 14.8 Å². The van der Waals surface area contributed by atoms with Crippen molar-refractivity contribution in [3.8, 4) is 5.75 Å². The number of fused-ring (bicyclic) bond motifs is 1. The minimum atomic E-state index is -3.50. The van der Waals surface area contributed by atoms with Crippen LogP contribution in [0.15, 0.2) is 41.3 Å². The van der Waals surface area contributed by atoms with E-state index in [-0.39, 0.29) is 10.6 Å². The van der Waals surface area contributed by atoms with Gasteiger partial charge in [0, 0.05) is 25.4 Å². The Morgan fingerprint density at radius 2 is 1.96 bits per heavy atom. The second-order valence-electron chi connectivity index (χ2n) is 6.63. The minimum Gasteiger partial charge on any atom is -0.494 e. The SMILES string of the molecule is CCCOc1ccc2c(c1)CCN(c1ccc(S(C)(=O)=O)cc1[N+](=O)[O-])C2. The number of rotatable bonds is 6. The Morgan fingerprint density at radius 3 is 2.63 bits per heavy atom. The van der Waals surface area contributed by atoms with E-state index in [0.29, 0.717) is 25.4 Å². The molecule has 0 saturated carbocycles. The van der Waals surface area contributed by atoms with E-state index >= 15 is 0 Å². The number of anilines is 1. The van der Waals surface area contributed by atoms with Gasteiger partial charge in [-0.25, -0.2) is 8.42 Å². The summed E-state index contributed by atoms with van der Waals surface area (Å²) in [6.07, 6.45) is 2.72. The maximum atomic E-state index is 11.7. The molecule has 0 N–H and O–H groups in total. The van der Waals surface area contributed by atoms with E-state index in [0.717, 1.165) is 36.5 Å². The monoisotopic (exact) mass is 390 g/mol. The molecule has 0 aromatic heterocycles. The van der Waals surface area contributed by atoms with Crippen molar-refractivity contribution in [3.63, 3.8) is 0 Å². The van der Waals surface area contributed by atoms with E-state index in [4.69, 9.17) is 4.74 Å². The largest absolute Gasteiger partial charge is 0.494 e. The lowest BCUT2D eigenvalue weighted by atomic mass is 9.98. The Morgan fingerprint density at radius 1 is 1.19 bits per heavy atom. The zero-order chi connectivity index (χ0) is 19.6. The molecule has 2 aromatic carbocycles. The average molecular weight is 390 g/mol. The number of sulfone groups is 1. The molecule has 0 aliphatic carbocycles. The van der Waals surface area contributed by atoms with Crippen molar-refractivity contribution in [1.82, 2.24) is 0 Å². The minimum absolute atomic E-state index is 0.0481. The van der Waals surface area contributed by atoms with Gasteiger partial charge in [-0.05, 0) is 48.2 Å². The van der Waals surface area contributed by atoms with Gasteiger partial charge in [0.15, 0.2) is 9.84 Å². The summed E-state index contributed by atoms with van der Waals surface area (Å²) in [5.41, 5.74) is 2.51. The highest BCUT2D eigenvalue weighted by atomic mass is 32.2. The highest BCUT2D eigenvalue weighted by Gasteiger charge is 2.25. The Bertz CT molecular complexity index is 972. The van der Waals surface area contributed by atoms with Crippen LogP contribution in [0.2, 0.25) is 0 Å². The molecule has 0 spiro atoms. The fourth-order valence-corrected chi connectivity index (χ4v) is 3.83. The van der Waals surface area contributed by atoms with Crippen LogP contribution >= 0.6 is 0 Å². The van der Waals surface area contributed by atoms with Gasteiger partial charge in [0.2, 0.25) is 0 Å². The molecule has 0 unspecified atom stereocenters. The van der Waals surface area contributed by atoms with E-state index in [1.807, 2.05) is 23.1 Å². The van der Waals surface area contributed by atoms with E-state index in [1.54, 1.807) is 0 Å². The molecular weight excluding hydrogens is 368 g/mol. The normalized spacial score (nSPS) is 13.9. The van der Waals surface area contributed by atoms with Gasteiger partial charge in [-0.15, -0.1) is 0 Å². The van der Waals surface area contributed by atoms with E-state index in [1.165, 1.54) is 17.7 Å². The summed E-state index contributed by atoms with van der Waals surface area (Å²) in [5.74, 6) is 0.840. The van der Waals surface area contributed by atoms with Crippen LogP contribution in [-0.2, 0) is 22.8 Å². The lowest BCUT2D eigenvalue weighted by molar-refractivity contribution is -0.384. The van der Waals surface area contributed by atoms with Crippen LogP contribution in [0.5, 0.6) is 5.75 Å². The second kappa shape index (κ2) is 7.56. The third-order valence-electron chi connectivity index (χ3n) is 4.58. The molecule has 0 saturated heterocycles. The van der Waals surface area contributed by atoms with Gasteiger partial charge in [-0.3, -0.25) is 10.1 Å². The molecule has 7 nitrogen and oxygen atoms in total. The number of benzene rings is 2. The molecular formula is C19H22N2O5S. The molecule has 0 atom stereocenters. The molecule has 0 radical (unpaired) electrons. The number of ether oxygens (including phenoxy) is 1. The van der Waals surface area contributed by atoms with Crippen molar-refractivity contribution in [1.29, 1.82) is 0 Å². The summed E-state index contributed by atoms with van der Waals surface area (Å²) < 4.78 is 29.1. The Kier molecular flexibility index (Phi) is 5.36. The van der Waals surface area contributed by atoms with Gasteiger partial charge < -0.3 is 9.64 Å². The molecule has 1 aliphatic heterocycles. The molecule has 0 bridgehead atoms. The van der Waals surface area contributed by atoms with Crippen molar-refractivity contribution >= 4 is 21.2 Å². The standard InChI is InChI=1S/C19H22N2O5S/c1-3-10-26-16-5-4-15-13-20(9-8-14(15)11-16)18-7-6-17(27(2,24)25)12-19(18)21(22)23/h4-7,11-12H,3,8-10,13H2,1-2H3. The van der Waals surface area contributed by atoms with Crippen LogP contribution in [0.3, 0.4) is 0 Å². The number of hydrogen-bond acceptors (Lipinski definition) is 6. The van der Waals surface area contributed by atoms with Crippen LogP contribution in [0.1, 0.15) is 24.5 Å². The van der Waals surface area contributed by atoms with Crippen LogP contribution in [0, 0.1) is 10.1 Å². The van der Waals surface area contributed by atoms with Gasteiger partial charge in [0.25, 0.3) is 5.69 Å². The first-order valence-corrected chi connectivity index (χ1v) is 10.7. The molecule has 2 aromatic rings. The van der Waals surface area contributed by atoms with Crippen LogP contribution in [-0.4, -0.2) is 32.7 Å². The lowest BCUT2D eigenvalue weighted by Gasteiger charge is -2.30. The van der Waals surface area contributed by atoms with Crippen LogP contribution in [0.4, 0.5) is 11.4 Å². The van der Waals surface area contributed by atoms with Crippen molar-refractivity contribution < 1.29 is 18.1 Å². The predicted octanol–water partition coefficient (Wildman–Crippen LogP) is 3.35. The summed E-state index contributed by atoms with van der Waals surface area (Å²) in [4.78, 5) is 12.8. The number of nitrogens with zero attached hydrogens (tertiary/aromatic N) is 2. The van der Waals surface area contributed by atoms with Gasteiger partial charge in [0.05, 0.1) is 16.4 Å². The van der Waals surface area contributed by atoms with Gasteiger partial charge in [-0.1, -0.05) is 13.0 Å². The number of nitro groups is 1. The highest BCUT2D eigenvalue weighted by Crippen LogP contribution is 2.34. The Balaban J connectivity index is 1.89. The van der Waals surface area contributed by atoms with Gasteiger partial charge in [-0.2, -0.15) is 0 Å². The van der Waals surface area contributed by atoms with Crippen molar-refractivity contribution in [3.05, 3.63) is 57.6 Å². The van der Waals surface area contributed by atoms with Crippen molar-refractivity contribution in [2.75, 3.05) is 24.3 Å². The first-order chi connectivity index (χ1) is 12.8. The average Bonchev–Trinajstić information content (AvgIpc) is 2.64. The third kappa shape index (κ3) is 4.21. The third-order valence-corrected chi connectivity index (χ3v) is 5.69. The molecule has 1 aliphatic rings. The summed E-state index contributed by atoms with van der Waals surface area (Å²) in [6, 6.07) is 10.0. The molecule has 144 valence electrons.